The van der Waals surface area contributed by atoms with Crippen molar-refractivity contribution in [2.45, 2.75) is 6.92 Å². The molecule has 72 valence electrons. The molecule has 0 fully saturated rings. The van der Waals surface area contributed by atoms with Crippen LogP contribution in [0.5, 0.6) is 0 Å². The molecule has 0 aromatic heterocycles. The molecule has 0 unspecified atom stereocenters. The number of nitrogens with two attached hydrogens (primary N) is 1. The van der Waals surface area contributed by atoms with Crippen molar-refractivity contribution in [3.63, 3.8) is 0 Å². The highest BCUT2D eigenvalue weighted by Gasteiger charge is 1.87. The van der Waals surface area contributed by atoms with Crippen molar-refractivity contribution in [1.29, 1.82) is 0 Å². The highest BCUT2D eigenvalue weighted by Crippen LogP contribution is 1.75. The normalized spacial score (nSPS) is 11.7. The first-order chi connectivity index (χ1) is 5.81. The third-order valence-corrected chi connectivity index (χ3v) is 1.11. The van der Waals surface area contributed by atoms with E-state index in [2.05, 4.69) is 10.3 Å². The van der Waals surface area contributed by atoms with Crippen LogP contribution in [-0.4, -0.2) is 44.0 Å². The third-order valence-electron chi connectivity index (χ3n) is 1.11. The van der Waals surface area contributed by atoms with Gasteiger partial charge in [0.25, 0.3) is 0 Å². The monoisotopic (exact) mass is 175 g/mol. The van der Waals surface area contributed by atoms with Gasteiger partial charge < -0.3 is 20.9 Å². The van der Waals surface area contributed by atoms with Gasteiger partial charge in [-0.1, -0.05) is 0 Å². The van der Waals surface area contributed by atoms with Gasteiger partial charge in [0.2, 0.25) is 0 Å². The summed E-state index contributed by atoms with van der Waals surface area (Å²) in [4.78, 5) is 3.96. The van der Waals surface area contributed by atoms with E-state index in [4.69, 9.17) is 15.6 Å². The van der Waals surface area contributed by atoms with Crippen LogP contribution in [0.3, 0.4) is 0 Å². The lowest BCUT2D eigenvalue weighted by atomic mass is 10.6. The largest absolute Gasteiger partial charge is 0.394 e. The molecule has 12 heavy (non-hydrogen) atoms. The van der Waals surface area contributed by atoms with Crippen molar-refractivity contribution in [3.8, 4) is 0 Å². The lowest BCUT2D eigenvalue weighted by Crippen LogP contribution is -2.31. The van der Waals surface area contributed by atoms with E-state index in [0.29, 0.717) is 25.7 Å². The molecule has 0 heterocycles. The van der Waals surface area contributed by atoms with Crippen molar-refractivity contribution in [2.24, 2.45) is 10.7 Å². The fraction of sp³-hybridized carbons (Fsp3) is 0.857. The van der Waals surface area contributed by atoms with Gasteiger partial charge in [-0.05, 0) is 6.92 Å². The molecule has 0 bridgehead atoms. The first kappa shape index (κ1) is 11.2. The van der Waals surface area contributed by atoms with Crippen molar-refractivity contribution >= 4 is 5.96 Å². The minimum absolute atomic E-state index is 0.0480. The number of nitrogens with zero attached hydrogens (tertiary/aromatic N) is 1. The average molecular weight is 175 g/mol. The summed E-state index contributed by atoms with van der Waals surface area (Å²) < 4.78 is 4.97. The van der Waals surface area contributed by atoms with Gasteiger partial charge in [-0.15, -0.1) is 0 Å². The summed E-state index contributed by atoms with van der Waals surface area (Å²) in [7, 11) is 0. The van der Waals surface area contributed by atoms with E-state index in [-0.39, 0.29) is 6.61 Å². The minimum Gasteiger partial charge on any atom is -0.394 e. The molecule has 5 nitrogen and oxygen atoms in total. The Morgan fingerprint density at radius 2 is 2.33 bits per heavy atom. The molecule has 0 saturated heterocycles. The van der Waals surface area contributed by atoms with E-state index >= 15 is 0 Å². The van der Waals surface area contributed by atoms with E-state index in [1.807, 2.05) is 6.92 Å². The van der Waals surface area contributed by atoms with Crippen molar-refractivity contribution < 1.29 is 9.84 Å². The number of hydrogen-bond acceptors (Lipinski definition) is 3. The van der Waals surface area contributed by atoms with Crippen molar-refractivity contribution in [2.75, 3.05) is 32.9 Å². The summed E-state index contributed by atoms with van der Waals surface area (Å²) in [5.41, 5.74) is 5.43. The summed E-state index contributed by atoms with van der Waals surface area (Å²) in [6.07, 6.45) is 0. The molecule has 0 aliphatic heterocycles. The van der Waals surface area contributed by atoms with Crippen LogP contribution in [0.25, 0.3) is 0 Å². The Balaban J connectivity index is 3.21. The Labute approximate surface area is 72.6 Å². The van der Waals surface area contributed by atoms with Gasteiger partial charge in [-0.3, -0.25) is 4.99 Å². The molecule has 0 aliphatic rings. The number of rotatable bonds is 6. The molecule has 0 aromatic carbocycles. The van der Waals surface area contributed by atoms with Gasteiger partial charge in [0.05, 0.1) is 26.4 Å². The van der Waals surface area contributed by atoms with Crippen LogP contribution in [0.15, 0.2) is 4.99 Å². The van der Waals surface area contributed by atoms with Crippen LogP contribution in [0.2, 0.25) is 0 Å². The zero-order chi connectivity index (χ0) is 9.23. The van der Waals surface area contributed by atoms with E-state index in [9.17, 15) is 0 Å². The molecular weight excluding hydrogens is 158 g/mol. The molecule has 0 saturated carbocycles. The highest BCUT2D eigenvalue weighted by molar-refractivity contribution is 5.77. The smallest absolute Gasteiger partial charge is 0.188 e. The predicted molar refractivity (Wildman–Crippen MR) is 48.1 cm³/mol. The SMILES string of the molecule is CCNC(N)=NCCOCCO. The number of aliphatic hydroxyl groups is 1. The molecule has 0 aromatic rings. The maximum atomic E-state index is 8.36. The summed E-state index contributed by atoms with van der Waals surface area (Å²) in [6, 6.07) is 0. The van der Waals surface area contributed by atoms with Crippen LogP contribution < -0.4 is 11.1 Å². The Bertz CT molecular complexity index is 128. The zero-order valence-electron chi connectivity index (χ0n) is 7.42. The Kier molecular flexibility index (Phi) is 7.73. The van der Waals surface area contributed by atoms with Crippen LogP contribution in [0.1, 0.15) is 6.92 Å². The molecule has 0 amide bonds. The minimum atomic E-state index is 0.0480. The van der Waals surface area contributed by atoms with E-state index < -0.39 is 0 Å². The van der Waals surface area contributed by atoms with Gasteiger partial charge >= 0.3 is 0 Å². The molecular formula is C7H17N3O2. The first-order valence-corrected chi connectivity index (χ1v) is 4.03. The Hall–Kier alpha value is -0.810. The molecule has 0 spiro atoms. The predicted octanol–water partition coefficient (Wildman–Crippen LogP) is -1.08. The average Bonchev–Trinajstić information content (AvgIpc) is 2.05. The van der Waals surface area contributed by atoms with E-state index in [0.717, 1.165) is 6.54 Å². The second-order valence-electron chi connectivity index (χ2n) is 2.13. The molecule has 0 atom stereocenters. The second kappa shape index (κ2) is 8.29. The van der Waals surface area contributed by atoms with Gasteiger partial charge in [-0.25, -0.2) is 0 Å². The van der Waals surface area contributed by atoms with Crippen LogP contribution in [0.4, 0.5) is 0 Å². The van der Waals surface area contributed by atoms with Gasteiger partial charge in [0.1, 0.15) is 0 Å². The third kappa shape index (κ3) is 7.30. The maximum Gasteiger partial charge on any atom is 0.188 e. The molecule has 0 rings (SSSR count). The number of aliphatic hydroxyl groups excluding tert-OH is 1. The van der Waals surface area contributed by atoms with Gasteiger partial charge in [-0.2, -0.15) is 0 Å². The summed E-state index contributed by atoms with van der Waals surface area (Å²) >= 11 is 0. The molecule has 0 aliphatic carbocycles. The lowest BCUT2D eigenvalue weighted by molar-refractivity contribution is 0.0977. The van der Waals surface area contributed by atoms with Crippen LogP contribution in [-0.2, 0) is 4.74 Å². The lowest BCUT2D eigenvalue weighted by Gasteiger charge is -2.01. The molecule has 4 N–H and O–H groups in total. The van der Waals surface area contributed by atoms with E-state index in [1.165, 1.54) is 0 Å². The molecule has 5 heteroatoms. The van der Waals surface area contributed by atoms with Crippen molar-refractivity contribution in [1.82, 2.24) is 5.32 Å². The first-order valence-electron chi connectivity index (χ1n) is 4.03. The number of nitrogens with one attached hydrogen (secondary N) is 1. The van der Waals surface area contributed by atoms with Crippen molar-refractivity contribution in [3.05, 3.63) is 0 Å². The summed E-state index contributed by atoms with van der Waals surface area (Å²) in [5, 5.41) is 11.2. The topological polar surface area (TPSA) is 79.9 Å². The van der Waals surface area contributed by atoms with E-state index in [1.54, 1.807) is 0 Å². The fourth-order valence-electron chi connectivity index (χ4n) is 0.634. The zero-order valence-corrected chi connectivity index (χ0v) is 7.42. The number of guanidine groups is 1. The maximum absolute atomic E-state index is 8.36. The number of aliphatic imine (C=N–C) groups is 1. The standard InChI is InChI=1S/C7H17N3O2/c1-2-9-7(8)10-3-5-12-6-4-11/h11H,2-6H2,1H3,(H3,8,9,10). The number of ether oxygens (including phenoxy) is 1. The van der Waals surface area contributed by atoms with Crippen LogP contribution >= 0.6 is 0 Å². The summed E-state index contributed by atoms with van der Waals surface area (Å²) in [5.74, 6) is 0.435. The number of hydrogen-bond donors (Lipinski definition) is 3. The van der Waals surface area contributed by atoms with Crippen LogP contribution in [0, 0.1) is 0 Å². The Morgan fingerprint density at radius 1 is 1.58 bits per heavy atom. The molecule has 0 radical (unpaired) electrons. The highest BCUT2D eigenvalue weighted by atomic mass is 16.5. The second-order valence-corrected chi connectivity index (χ2v) is 2.13. The Morgan fingerprint density at radius 3 is 2.92 bits per heavy atom. The van der Waals surface area contributed by atoms with Gasteiger partial charge in [0, 0.05) is 6.54 Å². The van der Waals surface area contributed by atoms with Gasteiger partial charge in [0.15, 0.2) is 5.96 Å². The summed E-state index contributed by atoms with van der Waals surface area (Å²) in [6.45, 7) is 4.14. The fourth-order valence-corrected chi connectivity index (χ4v) is 0.634. The quantitative estimate of drug-likeness (QED) is 0.272.